The number of primary amides is 1. The average Bonchev–Trinajstić information content (AvgIpc) is 2.30. The first-order valence-electron chi connectivity index (χ1n) is 4.44. The van der Waals surface area contributed by atoms with E-state index in [4.69, 9.17) is 10.5 Å². The van der Waals surface area contributed by atoms with E-state index in [9.17, 15) is 4.79 Å². The molecule has 2 heterocycles. The molecule has 2 aromatic heterocycles. The Hall–Kier alpha value is -2.50. The van der Waals surface area contributed by atoms with Crippen LogP contribution in [0.5, 0.6) is 11.5 Å². The van der Waals surface area contributed by atoms with Gasteiger partial charge in [0, 0.05) is 12.3 Å². The fraction of sp³-hybridized carbons (Fsp3) is 0. The molecule has 0 aliphatic heterocycles. The maximum Gasteiger partial charge on any atom is 0.267 e. The van der Waals surface area contributed by atoms with Crippen molar-refractivity contribution in [3.63, 3.8) is 0 Å². The minimum atomic E-state index is -0.602. The molecule has 2 N–H and O–H groups in total. The Morgan fingerprint density at radius 1 is 1.25 bits per heavy atom. The number of ether oxygens (including phenoxy) is 1. The molecule has 16 heavy (non-hydrogen) atoms. The van der Waals surface area contributed by atoms with E-state index in [1.54, 1.807) is 6.07 Å². The first-order valence-corrected chi connectivity index (χ1v) is 4.44. The van der Waals surface area contributed by atoms with Gasteiger partial charge in [-0.1, -0.05) is 0 Å². The second kappa shape index (κ2) is 4.35. The van der Waals surface area contributed by atoms with Crippen molar-refractivity contribution in [1.29, 1.82) is 0 Å². The van der Waals surface area contributed by atoms with E-state index < -0.39 is 5.91 Å². The first-order chi connectivity index (χ1) is 7.75. The van der Waals surface area contributed by atoms with Crippen LogP contribution in [0.1, 0.15) is 10.5 Å². The van der Waals surface area contributed by atoms with Crippen LogP contribution in [0.2, 0.25) is 0 Å². The van der Waals surface area contributed by atoms with Crippen LogP contribution in [0.3, 0.4) is 0 Å². The van der Waals surface area contributed by atoms with Crippen molar-refractivity contribution < 1.29 is 9.53 Å². The monoisotopic (exact) mass is 216 g/mol. The topological polar surface area (TPSA) is 91.0 Å². The van der Waals surface area contributed by atoms with Gasteiger partial charge in [-0.25, -0.2) is 9.97 Å². The first kappa shape index (κ1) is 10.0. The highest BCUT2D eigenvalue weighted by atomic mass is 16.5. The Morgan fingerprint density at radius 3 is 2.69 bits per heavy atom. The Labute approximate surface area is 91.1 Å². The third-order valence-corrected chi connectivity index (χ3v) is 1.76. The number of carbonyl (C=O) groups is 1. The molecule has 0 spiro atoms. The Balaban J connectivity index is 2.22. The minimum absolute atomic E-state index is 0.148. The molecule has 0 atom stereocenters. The highest BCUT2D eigenvalue weighted by molar-refractivity contribution is 5.91. The summed E-state index contributed by atoms with van der Waals surface area (Å²) in [6, 6.07) is 3.06. The summed E-state index contributed by atoms with van der Waals surface area (Å²) in [7, 11) is 0. The third kappa shape index (κ3) is 2.30. The van der Waals surface area contributed by atoms with Gasteiger partial charge in [0.1, 0.15) is 17.8 Å². The van der Waals surface area contributed by atoms with E-state index in [-0.39, 0.29) is 5.69 Å². The summed E-state index contributed by atoms with van der Waals surface area (Å²) in [5, 5.41) is 0. The van der Waals surface area contributed by atoms with E-state index in [0.29, 0.717) is 11.5 Å². The molecule has 6 heteroatoms. The number of hydrogen-bond donors (Lipinski definition) is 1. The van der Waals surface area contributed by atoms with Crippen LogP contribution in [-0.2, 0) is 0 Å². The zero-order valence-electron chi connectivity index (χ0n) is 8.20. The largest absolute Gasteiger partial charge is 0.454 e. The van der Waals surface area contributed by atoms with Crippen LogP contribution < -0.4 is 10.5 Å². The molecule has 80 valence electrons. The molecule has 0 radical (unpaired) electrons. The van der Waals surface area contributed by atoms with Crippen molar-refractivity contribution in [3.8, 4) is 11.5 Å². The smallest absolute Gasteiger partial charge is 0.267 e. The molecule has 0 bridgehead atoms. The van der Waals surface area contributed by atoms with Gasteiger partial charge in [-0.05, 0) is 6.07 Å². The standard InChI is InChI=1S/C10H8N4O2/c11-10(15)9-3-7(1-2-14-9)16-8-4-12-6-13-5-8/h1-6H,(H2,11,15). The lowest BCUT2D eigenvalue weighted by atomic mass is 10.3. The lowest BCUT2D eigenvalue weighted by Gasteiger charge is -2.04. The molecule has 6 nitrogen and oxygen atoms in total. The highest BCUT2D eigenvalue weighted by Crippen LogP contribution is 2.19. The normalized spacial score (nSPS) is 9.75. The van der Waals surface area contributed by atoms with Gasteiger partial charge in [0.15, 0.2) is 5.75 Å². The molecule has 0 aliphatic carbocycles. The maximum absolute atomic E-state index is 10.9. The maximum atomic E-state index is 10.9. The fourth-order valence-electron chi connectivity index (χ4n) is 1.08. The summed E-state index contributed by atoms with van der Waals surface area (Å²) < 4.78 is 5.40. The molecule has 2 rings (SSSR count). The van der Waals surface area contributed by atoms with Gasteiger partial charge in [-0.2, -0.15) is 0 Å². The fourth-order valence-corrected chi connectivity index (χ4v) is 1.08. The zero-order chi connectivity index (χ0) is 11.4. The lowest BCUT2D eigenvalue weighted by molar-refractivity contribution is 0.0995. The number of rotatable bonds is 3. The molecule has 2 aromatic rings. The van der Waals surface area contributed by atoms with Crippen LogP contribution in [0.25, 0.3) is 0 Å². The summed E-state index contributed by atoms with van der Waals surface area (Å²) in [5.41, 5.74) is 5.24. The van der Waals surface area contributed by atoms with Crippen molar-refractivity contribution in [3.05, 3.63) is 42.7 Å². The Bertz CT molecular complexity index is 501. The molecule has 0 saturated heterocycles. The summed E-state index contributed by atoms with van der Waals surface area (Å²) >= 11 is 0. The van der Waals surface area contributed by atoms with Gasteiger partial charge in [-0.3, -0.25) is 9.78 Å². The summed E-state index contributed by atoms with van der Waals surface area (Å²) in [5.74, 6) is 0.331. The van der Waals surface area contributed by atoms with Crippen LogP contribution in [0, 0.1) is 0 Å². The minimum Gasteiger partial charge on any atom is -0.454 e. The van der Waals surface area contributed by atoms with Crippen LogP contribution in [0.4, 0.5) is 0 Å². The van der Waals surface area contributed by atoms with E-state index in [1.807, 2.05) is 0 Å². The second-order valence-corrected chi connectivity index (χ2v) is 2.92. The van der Waals surface area contributed by atoms with Gasteiger partial charge in [-0.15, -0.1) is 0 Å². The third-order valence-electron chi connectivity index (χ3n) is 1.76. The summed E-state index contributed by atoms with van der Waals surface area (Å²) in [6.45, 7) is 0. The van der Waals surface area contributed by atoms with E-state index >= 15 is 0 Å². The Morgan fingerprint density at radius 2 is 2.00 bits per heavy atom. The molecular weight excluding hydrogens is 208 g/mol. The molecule has 0 aliphatic rings. The number of carbonyl (C=O) groups excluding carboxylic acids is 1. The molecule has 0 fully saturated rings. The summed E-state index contributed by atoms with van der Waals surface area (Å²) in [4.78, 5) is 22.3. The van der Waals surface area contributed by atoms with Gasteiger partial charge in [0.25, 0.3) is 5.91 Å². The number of nitrogens with zero attached hydrogens (tertiary/aromatic N) is 3. The van der Waals surface area contributed by atoms with Gasteiger partial charge >= 0.3 is 0 Å². The lowest BCUT2D eigenvalue weighted by Crippen LogP contribution is -2.12. The zero-order valence-corrected chi connectivity index (χ0v) is 8.20. The SMILES string of the molecule is NC(=O)c1cc(Oc2cncnc2)ccn1. The van der Waals surface area contributed by atoms with E-state index in [1.165, 1.54) is 31.0 Å². The number of amides is 1. The van der Waals surface area contributed by atoms with Gasteiger partial charge in [0.2, 0.25) is 0 Å². The van der Waals surface area contributed by atoms with Gasteiger partial charge < -0.3 is 10.5 Å². The van der Waals surface area contributed by atoms with E-state index in [2.05, 4.69) is 15.0 Å². The highest BCUT2D eigenvalue weighted by Gasteiger charge is 2.04. The van der Waals surface area contributed by atoms with Crippen LogP contribution in [-0.4, -0.2) is 20.9 Å². The van der Waals surface area contributed by atoms with Crippen molar-refractivity contribution in [2.75, 3.05) is 0 Å². The van der Waals surface area contributed by atoms with Crippen molar-refractivity contribution in [1.82, 2.24) is 15.0 Å². The number of nitrogens with two attached hydrogens (primary N) is 1. The number of pyridine rings is 1. The average molecular weight is 216 g/mol. The Kier molecular flexibility index (Phi) is 2.73. The predicted octanol–water partition coefficient (Wildman–Crippen LogP) is 0.763. The number of hydrogen-bond acceptors (Lipinski definition) is 5. The molecule has 1 amide bonds. The van der Waals surface area contributed by atoms with Crippen LogP contribution in [0.15, 0.2) is 37.1 Å². The predicted molar refractivity (Wildman–Crippen MR) is 54.9 cm³/mol. The van der Waals surface area contributed by atoms with E-state index in [0.717, 1.165) is 0 Å². The quantitative estimate of drug-likeness (QED) is 0.817. The molecular formula is C10H8N4O2. The molecule has 0 saturated carbocycles. The second-order valence-electron chi connectivity index (χ2n) is 2.92. The summed E-state index contributed by atoms with van der Waals surface area (Å²) in [6.07, 6.45) is 5.86. The van der Waals surface area contributed by atoms with Crippen molar-refractivity contribution in [2.45, 2.75) is 0 Å². The number of aromatic nitrogens is 3. The van der Waals surface area contributed by atoms with Crippen LogP contribution >= 0.6 is 0 Å². The molecule has 0 aromatic carbocycles. The van der Waals surface area contributed by atoms with Crippen molar-refractivity contribution in [2.24, 2.45) is 5.73 Å². The van der Waals surface area contributed by atoms with Gasteiger partial charge in [0.05, 0.1) is 12.4 Å². The molecule has 0 unspecified atom stereocenters. The van der Waals surface area contributed by atoms with Crippen molar-refractivity contribution >= 4 is 5.91 Å².